The molecule has 0 saturated carbocycles. The highest BCUT2D eigenvalue weighted by Gasteiger charge is 2.25. The van der Waals surface area contributed by atoms with Gasteiger partial charge in [-0.3, -0.25) is 9.59 Å². The molecule has 1 unspecified atom stereocenters. The number of carboxylic acid groups (broad SMARTS) is 1. The Morgan fingerprint density at radius 1 is 1.40 bits per heavy atom. The second kappa shape index (κ2) is 6.79. The van der Waals surface area contributed by atoms with Crippen LogP contribution in [0.25, 0.3) is 0 Å². The van der Waals surface area contributed by atoms with E-state index in [-0.39, 0.29) is 24.4 Å². The number of hydrogen-bond acceptors (Lipinski definition) is 2. The van der Waals surface area contributed by atoms with Gasteiger partial charge in [0, 0.05) is 24.8 Å². The zero-order valence-corrected chi connectivity index (χ0v) is 13.0. The molecule has 1 atom stereocenters. The van der Waals surface area contributed by atoms with Crippen LogP contribution in [0.15, 0.2) is 12.3 Å². The third kappa shape index (κ3) is 3.76. The number of hydrogen-bond donors (Lipinski definition) is 1. The molecule has 6 heteroatoms. The molecule has 112 valence electrons. The third-order valence-electron chi connectivity index (χ3n) is 3.19. The zero-order valence-electron chi connectivity index (χ0n) is 12.3. The fourth-order valence-electron chi connectivity index (χ4n) is 2.21. The number of carbonyl (C=O) groups excluding carboxylic acids is 1. The van der Waals surface area contributed by atoms with Gasteiger partial charge in [0.2, 0.25) is 0 Å². The summed E-state index contributed by atoms with van der Waals surface area (Å²) in [7, 11) is 0. The summed E-state index contributed by atoms with van der Waals surface area (Å²) >= 11 is 5.98. The minimum Gasteiger partial charge on any atom is -0.481 e. The fraction of sp³-hybridized carbons (Fsp3) is 0.571. The first kappa shape index (κ1) is 16.6. The smallest absolute Gasteiger partial charge is 0.305 e. The maximum atomic E-state index is 12.6. The van der Waals surface area contributed by atoms with Crippen molar-refractivity contribution in [3.8, 4) is 0 Å². The van der Waals surface area contributed by atoms with Crippen LogP contribution in [0.4, 0.5) is 0 Å². The molecule has 0 spiro atoms. The number of aromatic nitrogens is 1. The Morgan fingerprint density at radius 2 is 2.00 bits per heavy atom. The Morgan fingerprint density at radius 3 is 2.45 bits per heavy atom. The molecule has 5 nitrogen and oxygen atoms in total. The van der Waals surface area contributed by atoms with Crippen molar-refractivity contribution in [2.24, 2.45) is 0 Å². The lowest BCUT2D eigenvalue weighted by Gasteiger charge is -2.28. The molecule has 1 aromatic rings. The predicted molar refractivity (Wildman–Crippen MR) is 78.3 cm³/mol. The van der Waals surface area contributed by atoms with Gasteiger partial charge in [-0.25, -0.2) is 0 Å². The van der Waals surface area contributed by atoms with Gasteiger partial charge in [0.1, 0.15) is 5.69 Å². The van der Waals surface area contributed by atoms with Crippen molar-refractivity contribution >= 4 is 23.5 Å². The van der Waals surface area contributed by atoms with Crippen LogP contribution in [0.2, 0.25) is 5.02 Å². The van der Waals surface area contributed by atoms with Crippen molar-refractivity contribution < 1.29 is 14.7 Å². The monoisotopic (exact) mass is 300 g/mol. The lowest BCUT2D eigenvalue weighted by Crippen LogP contribution is -2.40. The van der Waals surface area contributed by atoms with Crippen molar-refractivity contribution in [2.45, 2.75) is 46.2 Å². The van der Waals surface area contributed by atoms with Gasteiger partial charge in [0.25, 0.3) is 5.91 Å². The number of rotatable bonds is 6. The first-order valence-corrected chi connectivity index (χ1v) is 7.05. The van der Waals surface area contributed by atoms with E-state index in [2.05, 4.69) is 0 Å². The van der Waals surface area contributed by atoms with Gasteiger partial charge < -0.3 is 14.6 Å². The summed E-state index contributed by atoms with van der Waals surface area (Å²) in [6, 6.07) is 1.37. The lowest BCUT2D eigenvalue weighted by atomic mass is 10.2. The van der Waals surface area contributed by atoms with Crippen molar-refractivity contribution in [2.75, 3.05) is 6.54 Å². The third-order valence-corrected chi connectivity index (χ3v) is 3.40. The molecule has 20 heavy (non-hydrogen) atoms. The minimum absolute atomic E-state index is 0.0737. The van der Waals surface area contributed by atoms with E-state index in [0.29, 0.717) is 17.3 Å². The summed E-state index contributed by atoms with van der Waals surface area (Å²) in [6.07, 6.45) is 1.64. The molecule has 0 aliphatic carbocycles. The van der Waals surface area contributed by atoms with Gasteiger partial charge in [0.05, 0.1) is 11.4 Å². The fourth-order valence-corrected chi connectivity index (χ4v) is 2.42. The Bertz CT molecular complexity index is 497. The molecule has 0 bridgehead atoms. The maximum absolute atomic E-state index is 12.6. The van der Waals surface area contributed by atoms with Crippen LogP contribution in [0, 0.1) is 0 Å². The summed E-state index contributed by atoms with van der Waals surface area (Å²) in [5.41, 5.74) is 0.490. The molecule has 0 aromatic carbocycles. The van der Waals surface area contributed by atoms with Gasteiger partial charge in [-0.2, -0.15) is 0 Å². The molecule has 0 aliphatic rings. The minimum atomic E-state index is -0.916. The first-order chi connectivity index (χ1) is 9.27. The second-order valence-electron chi connectivity index (χ2n) is 5.08. The molecular weight excluding hydrogens is 280 g/mol. The van der Waals surface area contributed by atoms with E-state index in [1.807, 2.05) is 20.8 Å². The number of nitrogens with zero attached hydrogens (tertiary/aromatic N) is 2. The van der Waals surface area contributed by atoms with Crippen LogP contribution in [0.1, 0.15) is 50.6 Å². The van der Waals surface area contributed by atoms with Gasteiger partial charge in [-0.1, -0.05) is 11.6 Å². The van der Waals surface area contributed by atoms with E-state index in [1.165, 1.54) is 0 Å². The molecule has 1 heterocycles. The molecule has 0 fully saturated rings. The highest BCUT2D eigenvalue weighted by Crippen LogP contribution is 2.21. The van der Waals surface area contributed by atoms with Crippen LogP contribution >= 0.6 is 11.6 Å². The van der Waals surface area contributed by atoms with E-state index in [9.17, 15) is 9.59 Å². The lowest BCUT2D eigenvalue weighted by molar-refractivity contribution is -0.138. The molecule has 0 aliphatic heterocycles. The summed E-state index contributed by atoms with van der Waals surface area (Å²) in [6.45, 7) is 7.95. The predicted octanol–water partition coefficient (Wildman–Crippen LogP) is 3.05. The maximum Gasteiger partial charge on any atom is 0.305 e. The average molecular weight is 301 g/mol. The molecule has 0 radical (unpaired) electrons. The van der Waals surface area contributed by atoms with E-state index >= 15 is 0 Å². The highest BCUT2D eigenvalue weighted by atomic mass is 35.5. The topological polar surface area (TPSA) is 62.5 Å². The van der Waals surface area contributed by atoms with Crippen LogP contribution in [-0.4, -0.2) is 39.0 Å². The summed E-state index contributed by atoms with van der Waals surface area (Å²) in [4.78, 5) is 24.9. The molecule has 1 aromatic heterocycles. The first-order valence-electron chi connectivity index (χ1n) is 6.68. The Balaban J connectivity index is 3.05. The van der Waals surface area contributed by atoms with Crippen LogP contribution in [0.5, 0.6) is 0 Å². The number of aliphatic carboxylic acids is 1. The number of halogens is 1. The summed E-state index contributed by atoms with van der Waals surface area (Å²) in [5, 5.41) is 9.37. The normalized spacial score (nSPS) is 12.5. The number of carbonyl (C=O) groups is 2. The van der Waals surface area contributed by atoms with Crippen molar-refractivity contribution in [1.82, 2.24) is 9.47 Å². The SMILES string of the molecule is CCN(C(=O)c1cc(Cl)cn1C(C)C)C(C)CC(=O)O. The molecule has 1 N–H and O–H groups in total. The van der Waals surface area contributed by atoms with Crippen LogP contribution < -0.4 is 0 Å². The van der Waals surface area contributed by atoms with Gasteiger partial charge >= 0.3 is 5.97 Å². The molecule has 1 amide bonds. The number of amides is 1. The Hall–Kier alpha value is -1.49. The number of carboxylic acids is 1. The van der Waals surface area contributed by atoms with E-state index < -0.39 is 5.97 Å². The van der Waals surface area contributed by atoms with Gasteiger partial charge in [-0.15, -0.1) is 0 Å². The van der Waals surface area contributed by atoms with Gasteiger partial charge in [-0.05, 0) is 33.8 Å². The van der Waals surface area contributed by atoms with Crippen LogP contribution in [-0.2, 0) is 4.79 Å². The molecular formula is C14H21ClN2O3. The molecule has 0 saturated heterocycles. The summed E-state index contributed by atoms with van der Waals surface area (Å²) in [5.74, 6) is -1.11. The summed E-state index contributed by atoms with van der Waals surface area (Å²) < 4.78 is 1.81. The standard InChI is InChI=1S/C14H21ClN2O3/c1-5-16(10(4)6-13(18)19)14(20)12-7-11(15)8-17(12)9(2)3/h7-10H,5-6H2,1-4H3,(H,18,19). The van der Waals surface area contributed by atoms with Crippen molar-refractivity contribution in [1.29, 1.82) is 0 Å². The largest absolute Gasteiger partial charge is 0.481 e. The van der Waals surface area contributed by atoms with Crippen molar-refractivity contribution in [3.05, 3.63) is 23.0 Å². The van der Waals surface area contributed by atoms with Crippen molar-refractivity contribution in [3.63, 3.8) is 0 Å². The van der Waals surface area contributed by atoms with Crippen LogP contribution in [0.3, 0.4) is 0 Å². The second-order valence-corrected chi connectivity index (χ2v) is 5.52. The average Bonchev–Trinajstić information content (AvgIpc) is 2.71. The van der Waals surface area contributed by atoms with E-state index in [0.717, 1.165) is 0 Å². The van der Waals surface area contributed by atoms with Gasteiger partial charge in [0.15, 0.2) is 0 Å². The van der Waals surface area contributed by atoms with E-state index in [1.54, 1.807) is 28.7 Å². The molecule has 1 rings (SSSR count). The van der Waals surface area contributed by atoms with E-state index in [4.69, 9.17) is 16.7 Å². The Kier molecular flexibility index (Phi) is 5.62. The Labute approximate surface area is 124 Å². The quantitative estimate of drug-likeness (QED) is 0.878. The highest BCUT2D eigenvalue weighted by molar-refractivity contribution is 6.31. The zero-order chi connectivity index (χ0) is 15.4.